The van der Waals surface area contributed by atoms with Gasteiger partial charge in [0.05, 0.1) is 6.04 Å². The van der Waals surface area contributed by atoms with Crippen LogP contribution in [0.3, 0.4) is 0 Å². The molecule has 1 fully saturated rings. The summed E-state index contributed by atoms with van der Waals surface area (Å²) in [6.45, 7) is 7.08. The number of urea groups is 1. The molecule has 1 aliphatic heterocycles. The number of nitrogens with one attached hydrogen (secondary N) is 1. The molecular formula is C23H29FN4O2. The number of amides is 3. The van der Waals surface area contributed by atoms with E-state index in [1.54, 1.807) is 17.0 Å². The van der Waals surface area contributed by atoms with Gasteiger partial charge in [0.25, 0.3) is 0 Å². The molecule has 1 atom stereocenters. The highest BCUT2D eigenvalue weighted by Gasteiger charge is 2.38. The van der Waals surface area contributed by atoms with Crippen molar-refractivity contribution in [3.8, 4) is 0 Å². The zero-order valence-electron chi connectivity index (χ0n) is 17.8. The highest BCUT2D eigenvalue weighted by molar-refractivity contribution is 5.85. The standard InChI is InChI=1S/C23H29FN4O2/c1-23(2,3)25-22(30)28(18-10-11-18)15-20(29)27-14-13-26-12-4-5-19(26)21(27)16-6-8-17(24)9-7-16/h4-9,12,18,21H,10-11,13-15H2,1-3H3,(H,25,30). The molecule has 160 valence electrons. The van der Waals surface area contributed by atoms with Crippen LogP contribution in [0.2, 0.25) is 0 Å². The number of fused-ring (bicyclic) bond motifs is 1. The lowest BCUT2D eigenvalue weighted by Gasteiger charge is -2.38. The lowest BCUT2D eigenvalue weighted by Crippen LogP contribution is -2.53. The maximum absolute atomic E-state index is 13.5. The third-order valence-electron chi connectivity index (χ3n) is 5.58. The number of halogens is 1. The molecule has 1 N–H and O–H groups in total. The van der Waals surface area contributed by atoms with E-state index < -0.39 is 0 Å². The monoisotopic (exact) mass is 412 g/mol. The van der Waals surface area contributed by atoms with Gasteiger partial charge in [-0.3, -0.25) is 4.79 Å². The first kappa shape index (κ1) is 20.4. The van der Waals surface area contributed by atoms with Gasteiger partial charge in [-0.25, -0.2) is 9.18 Å². The smallest absolute Gasteiger partial charge is 0.318 e. The molecule has 0 radical (unpaired) electrons. The third kappa shape index (κ3) is 4.35. The van der Waals surface area contributed by atoms with Crippen molar-refractivity contribution < 1.29 is 14.0 Å². The summed E-state index contributed by atoms with van der Waals surface area (Å²) in [6.07, 6.45) is 3.85. The van der Waals surface area contributed by atoms with Crippen LogP contribution in [0.4, 0.5) is 9.18 Å². The van der Waals surface area contributed by atoms with Crippen molar-refractivity contribution in [3.05, 3.63) is 59.7 Å². The number of aromatic nitrogens is 1. The summed E-state index contributed by atoms with van der Waals surface area (Å²) in [6, 6.07) is 9.90. The Kier molecular flexibility index (Phi) is 5.30. The molecule has 0 saturated heterocycles. The van der Waals surface area contributed by atoms with E-state index in [4.69, 9.17) is 0 Å². The Morgan fingerprint density at radius 1 is 1.13 bits per heavy atom. The van der Waals surface area contributed by atoms with Crippen molar-refractivity contribution in [2.45, 2.75) is 57.8 Å². The Balaban J connectivity index is 1.58. The number of hydrogen-bond acceptors (Lipinski definition) is 2. The molecule has 6 nitrogen and oxygen atoms in total. The minimum atomic E-state index is -0.365. The predicted molar refractivity (Wildman–Crippen MR) is 112 cm³/mol. The Bertz CT molecular complexity index is 927. The second kappa shape index (κ2) is 7.78. The maximum Gasteiger partial charge on any atom is 0.318 e. The van der Waals surface area contributed by atoms with Gasteiger partial charge in [0, 0.05) is 36.6 Å². The van der Waals surface area contributed by atoms with Crippen molar-refractivity contribution >= 4 is 11.9 Å². The Labute approximate surface area is 176 Å². The van der Waals surface area contributed by atoms with E-state index in [1.807, 2.05) is 44.0 Å². The highest BCUT2D eigenvalue weighted by Crippen LogP contribution is 2.33. The van der Waals surface area contributed by atoms with Crippen LogP contribution in [0.15, 0.2) is 42.6 Å². The first-order valence-electron chi connectivity index (χ1n) is 10.5. The first-order chi connectivity index (χ1) is 14.2. The summed E-state index contributed by atoms with van der Waals surface area (Å²) in [5.74, 6) is -0.394. The molecule has 0 spiro atoms. The van der Waals surface area contributed by atoms with Crippen LogP contribution >= 0.6 is 0 Å². The fourth-order valence-corrected chi connectivity index (χ4v) is 4.03. The lowest BCUT2D eigenvalue weighted by atomic mass is 9.99. The molecular weight excluding hydrogens is 383 g/mol. The molecule has 3 amide bonds. The summed E-state index contributed by atoms with van der Waals surface area (Å²) in [4.78, 5) is 29.7. The van der Waals surface area contributed by atoms with E-state index in [0.29, 0.717) is 13.1 Å². The highest BCUT2D eigenvalue weighted by atomic mass is 19.1. The number of carbonyl (C=O) groups excluding carboxylic acids is 2. The lowest BCUT2D eigenvalue weighted by molar-refractivity contribution is -0.134. The van der Waals surface area contributed by atoms with Crippen LogP contribution in [0.25, 0.3) is 0 Å². The maximum atomic E-state index is 13.5. The van der Waals surface area contributed by atoms with Gasteiger partial charge in [-0.1, -0.05) is 12.1 Å². The van der Waals surface area contributed by atoms with Gasteiger partial charge in [-0.2, -0.15) is 0 Å². The van der Waals surface area contributed by atoms with Crippen LogP contribution < -0.4 is 5.32 Å². The fourth-order valence-electron chi connectivity index (χ4n) is 4.03. The van der Waals surface area contributed by atoms with Gasteiger partial charge in [0.15, 0.2) is 0 Å². The molecule has 30 heavy (non-hydrogen) atoms. The molecule has 1 aromatic carbocycles. The van der Waals surface area contributed by atoms with Gasteiger partial charge in [-0.05, 0) is 63.4 Å². The van der Waals surface area contributed by atoms with Gasteiger partial charge in [-0.15, -0.1) is 0 Å². The SMILES string of the molecule is CC(C)(C)NC(=O)N(CC(=O)N1CCn2cccc2C1c1ccc(F)cc1)C1CC1. The number of carbonyl (C=O) groups is 2. The summed E-state index contributed by atoms with van der Waals surface area (Å²) in [5, 5.41) is 2.98. The minimum Gasteiger partial charge on any atom is -0.348 e. The summed E-state index contributed by atoms with van der Waals surface area (Å²) in [7, 11) is 0. The number of benzene rings is 1. The van der Waals surface area contributed by atoms with E-state index in [1.165, 1.54) is 12.1 Å². The van der Waals surface area contributed by atoms with Gasteiger partial charge in [0.1, 0.15) is 12.4 Å². The molecule has 7 heteroatoms. The Hall–Kier alpha value is -2.83. The largest absolute Gasteiger partial charge is 0.348 e. The molecule has 2 aliphatic rings. The third-order valence-corrected chi connectivity index (χ3v) is 5.58. The van der Waals surface area contributed by atoms with E-state index in [2.05, 4.69) is 9.88 Å². The van der Waals surface area contributed by atoms with Crippen LogP contribution in [0, 0.1) is 5.82 Å². The molecule has 1 saturated carbocycles. The average Bonchev–Trinajstić information content (AvgIpc) is 3.40. The van der Waals surface area contributed by atoms with Crippen LogP contribution in [0.1, 0.15) is 50.9 Å². The van der Waals surface area contributed by atoms with Crippen molar-refractivity contribution in [1.29, 1.82) is 0 Å². The summed E-state index contributed by atoms with van der Waals surface area (Å²) >= 11 is 0. The van der Waals surface area contributed by atoms with Crippen LogP contribution in [-0.4, -0.2) is 51.0 Å². The molecule has 1 aliphatic carbocycles. The molecule has 1 unspecified atom stereocenters. The van der Waals surface area contributed by atoms with E-state index in [9.17, 15) is 14.0 Å². The molecule has 0 bridgehead atoms. The van der Waals surface area contributed by atoms with Crippen molar-refractivity contribution in [3.63, 3.8) is 0 Å². The van der Waals surface area contributed by atoms with Gasteiger partial charge >= 0.3 is 6.03 Å². The van der Waals surface area contributed by atoms with Crippen LogP contribution in [-0.2, 0) is 11.3 Å². The van der Waals surface area contributed by atoms with E-state index >= 15 is 0 Å². The quantitative estimate of drug-likeness (QED) is 0.835. The summed E-state index contributed by atoms with van der Waals surface area (Å²) in [5.41, 5.74) is 1.50. The van der Waals surface area contributed by atoms with E-state index in [0.717, 1.165) is 24.1 Å². The molecule has 1 aromatic heterocycles. The fraction of sp³-hybridized carbons (Fsp3) is 0.478. The summed E-state index contributed by atoms with van der Waals surface area (Å²) < 4.78 is 15.6. The van der Waals surface area contributed by atoms with Crippen molar-refractivity contribution in [1.82, 2.24) is 19.7 Å². The Morgan fingerprint density at radius 3 is 2.47 bits per heavy atom. The normalized spacial score (nSPS) is 18.7. The van der Waals surface area contributed by atoms with Crippen LogP contribution in [0.5, 0.6) is 0 Å². The Morgan fingerprint density at radius 2 is 1.83 bits per heavy atom. The number of rotatable bonds is 4. The number of hydrogen-bond donors (Lipinski definition) is 1. The zero-order chi connectivity index (χ0) is 21.5. The van der Waals surface area contributed by atoms with Gasteiger partial charge in [0.2, 0.25) is 5.91 Å². The predicted octanol–water partition coefficient (Wildman–Crippen LogP) is 3.53. The second-order valence-electron chi connectivity index (χ2n) is 9.21. The van der Waals surface area contributed by atoms with Crippen molar-refractivity contribution in [2.75, 3.05) is 13.1 Å². The molecule has 2 aromatic rings. The molecule has 4 rings (SSSR count). The van der Waals surface area contributed by atoms with Gasteiger partial charge < -0.3 is 19.7 Å². The second-order valence-corrected chi connectivity index (χ2v) is 9.21. The minimum absolute atomic E-state index is 0.0466. The molecule has 2 heterocycles. The van der Waals surface area contributed by atoms with Crippen molar-refractivity contribution in [2.24, 2.45) is 0 Å². The topological polar surface area (TPSA) is 57.6 Å². The van der Waals surface area contributed by atoms with E-state index in [-0.39, 0.29) is 41.9 Å². The first-order valence-corrected chi connectivity index (χ1v) is 10.5. The number of nitrogens with zero attached hydrogens (tertiary/aromatic N) is 3. The average molecular weight is 413 g/mol. The zero-order valence-corrected chi connectivity index (χ0v) is 17.8.